The summed E-state index contributed by atoms with van der Waals surface area (Å²) in [6.45, 7) is 4.10. The lowest BCUT2D eigenvalue weighted by Gasteiger charge is -2.17. The van der Waals surface area contributed by atoms with Crippen LogP contribution >= 0.6 is 11.6 Å². The van der Waals surface area contributed by atoms with Gasteiger partial charge in [-0.15, -0.1) is 0 Å². The molecule has 0 N–H and O–H groups in total. The van der Waals surface area contributed by atoms with E-state index in [1.165, 1.54) is 6.20 Å². The number of carbonyl (C=O) groups is 1. The zero-order valence-electron chi connectivity index (χ0n) is 12.4. The SMILES string of the molecule is CC1(C)OCC(c2cc(C(=O)c3ccccc3)c(Cl)cn2)O1. The predicted octanol–water partition coefficient (Wildman–Crippen LogP) is 3.79. The van der Waals surface area contributed by atoms with Gasteiger partial charge in [-0.25, -0.2) is 0 Å². The summed E-state index contributed by atoms with van der Waals surface area (Å²) >= 11 is 6.15. The Morgan fingerprint density at radius 1 is 1.32 bits per heavy atom. The predicted molar refractivity (Wildman–Crippen MR) is 83.0 cm³/mol. The van der Waals surface area contributed by atoms with Crippen molar-refractivity contribution >= 4 is 17.4 Å². The Morgan fingerprint density at radius 3 is 2.68 bits per heavy atom. The molecule has 1 fully saturated rings. The van der Waals surface area contributed by atoms with Crippen LogP contribution in [0.25, 0.3) is 0 Å². The maximum Gasteiger partial charge on any atom is 0.194 e. The molecule has 0 bridgehead atoms. The summed E-state index contributed by atoms with van der Waals surface area (Å²) in [5, 5.41) is 0.329. The number of ketones is 1. The highest BCUT2D eigenvalue weighted by Crippen LogP contribution is 2.33. The van der Waals surface area contributed by atoms with Crippen LogP contribution in [0.5, 0.6) is 0 Å². The molecule has 0 radical (unpaired) electrons. The monoisotopic (exact) mass is 317 g/mol. The highest BCUT2D eigenvalue weighted by Gasteiger charge is 2.34. The summed E-state index contributed by atoms with van der Waals surface area (Å²) in [4.78, 5) is 16.9. The molecule has 3 rings (SSSR count). The standard InChI is InChI=1S/C17H16ClNO3/c1-17(2)21-10-15(22-17)14-8-12(13(18)9-19-14)16(20)11-6-4-3-5-7-11/h3-9,15H,10H2,1-2H3. The van der Waals surface area contributed by atoms with Gasteiger partial charge in [-0.2, -0.15) is 0 Å². The molecule has 1 aromatic carbocycles. The van der Waals surface area contributed by atoms with Gasteiger partial charge in [-0.05, 0) is 19.9 Å². The third-order valence-corrected chi connectivity index (χ3v) is 3.80. The smallest absolute Gasteiger partial charge is 0.194 e. The van der Waals surface area contributed by atoms with Crippen molar-refractivity contribution in [2.24, 2.45) is 0 Å². The van der Waals surface area contributed by atoms with Crippen molar-refractivity contribution in [1.29, 1.82) is 0 Å². The average Bonchev–Trinajstić information content (AvgIpc) is 2.88. The van der Waals surface area contributed by atoms with E-state index < -0.39 is 5.79 Å². The van der Waals surface area contributed by atoms with Crippen LogP contribution in [0.4, 0.5) is 0 Å². The maximum atomic E-state index is 12.6. The first-order chi connectivity index (χ1) is 10.5. The van der Waals surface area contributed by atoms with Gasteiger partial charge in [0.1, 0.15) is 6.10 Å². The molecule has 1 atom stereocenters. The van der Waals surface area contributed by atoms with Crippen LogP contribution in [-0.4, -0.2) is 23.2 Å². The number of nitrogens with zero attached hydrogens (tertiary/aromatic N) is 1. The number of benzene rings is 1. The number of hydrogen-bond donors (Lipinski definition) is 0. The number of hydrogen-bond acceptors (Lipinski definition) is 4. The Bertz CT molecular complexity index is 700. The number of rotatable bonds is 3. The summed E-state index contributed by atoms with van der Waals surface area (Å²) in [7, 11) is 0. The Morgan fingerprint density at radius 2 is 2.05 bits per heavy atom. The number of halogens is 1. The highest BCUT2D eigenvalue weighted by molar-refractivity contribution is 6.34. The Balaban J connectivity index is 1.93. The highest BCUT2D eigenvalue weighted by atomic mass is 35.5. The zero-order chi connectivity index (χ0) is 15.7. The lowest BCUT2D eigenvalue weighted by molar-refractivity contribution is -0.139. The van der Waals surface area contributed by atoms with Crippen molar-refractivity contribution in [1.82, 2.24) is 4.98 Å². The topological polar surface area (TPSA) is 48.4 Å². The fourth-order valence-corrected chi connectivity index (χ4v) is 2.57. The molecular formula is C17H16ClNO3. The first kappa shape index (κ1) is 15.2. The summed E-state index contributed by atoms with van der Waals surface area (Å²) in [5.74, 6) is -0.775. The molecule has 2 heterocycles. The van der Waals surface area contributed by atoms with Crippen LogP contribution in [0.3, 0.4) is 0 Å². The molecule has 1 aromatic heterocycles. The minimum absolute atomic E-state index is 0.132. The second kappa shape index (κ2) is 5.80. The number of aromatic nitrogens is 1. The van der Waals surface area contributed by atoms with E-state index in [4.69, 9.17) is 21.1 Å². The summed E-state index contributed by atoms with van der Waals surface area (Å²) in [6, 6.07) is 10.7. The van der Waals surface area contributed by atoms with E-state index in [0.717, 1.165) is 0 Å². The van der Waals surface area contributed by atoms with E-state index >= 15 is 0 Å². The third kappa shape index (κ3) is 3.04. The third-order valence-electron chi connectivity index (χ3n) is 3.50. The van der Waals surface area contributed by atoms with Gasteiger partial charge in [0.15, 0.2) is 11.6 Å². The minimum atomic E-state index is -0.643. The maximum absolute atomic E-state index is 12.6. The van der Waals surface area contributed by atoms with Gasteiger partial charge < -0.3 is 9.47 Å². The molecule has 4 nitrogen and oxygen atoms in total. The van der Waals surface area contributed by atoms with Crippen LogP contribution in [0.15, 0.2) is 42.6 Å². The molecule has 1 unspecified atom stereocenters. The Kier molecular flexibility index (Phi) is 4.00. The lowest BCUT2D eigenvalue weighted by Crippen LogP contribution is -2.20. The quantitative estimate of drug-likeness (QED) is 0.808. The molecule has 0 saturated carbocycles. The van der Waals surface area contributed by atoms with Crippen LogP contribution < -0.4 is 0 Å². The van der Waals surface area contributed by atoms with Crippen LogP contribution in [0.2, 0.25) is 5.02 Å². The first-order valence-corrected chi connectivity index (χ1v) is 7.41. The molecule has 1 saturated heterocycles. The van der Waals surface area contributed by atoms with Crippen molar-refractivity contribution in [2.45, 2.75) is 25.7 Å². The van der Waals surface area contributed by atoms with Gasteiger partial charge in [0.25, 0.3) is 0 Å². The summed E-state index contributed by atoms with van der Waals surface area (Å²) in [6.07, 6.45) is 1.19. The largest absolute Gasteiger partial charge is 0.347 e. The summed E-state index contributed by atoms with van der Waals surface area (Å²) in [5.41, 5.74) is 1.66. The average molecular weight is 318 g/mol. The number of ether oxygens (including phenoxy) is 2. The fraction of sp³-hybridized carbons (Fsp3) is 0.294. The van der Waals surface area contributed by atoms with Gasteiger partial charge in [-0.3, -0.25) is 9.78 Å². The van der Waals surface area contributed by atoms with E-state index in [9.17, 15) is 4.79 Å². The molecular weight excluding hydrogens is 302 g/mol. The molecule has 114 valence electrons. The second-order valence-electron chi connectivity index (χ2n) is 5.60. The van der Waals surface area contributed by atoms with Crippen LogP contribution in [-0.2, 0) is 9.47 Å². The second-order valence-corrected chi connectivity index (χ2v) is 6.01. The number of carbonyl (C=O) groups excluding carboxylic acids is 1. The molecule has 22 heavy (non-hydrogen) atoms. The molecule has 0 amide bonds. The zero-order valence-corrected chi connectivity index (χ0v) is 13.1. The van der Waals surface area contributed by atoms with Gasteiger partial charge >= 0.3 is 0 Å². The lowest BCUT2D eigenvalue weighted by atomic mass is 10.0. The molecule has 5 heteroatoms. The van der Waals surface area contributed by atoms with E-state index in [2.05, 4.69) is 4.98 Å². The van der Waals surface area contributed by atoms with Crippen molar-refractivity contribution in [3.8, 4) is 0 Å². The van der Waals surface area contributed by atoms with Crippen molar-refractivity contribution in [3.63, 3.8) is 0 Å². The summed E-state index contributed by atoms with van der Waals surface area (Å²) < 4.78 is 11.3. The van der Waals surface area contributed by atoms with Gasteiger partial charge in [-0.1, -0.05) is 41.9 Å². The van der Waals surface area contributed by atoms with Crippen LogP contribution in [0.1, 0.15) is 41.6 Å². The number of pyridine rings is 1. The fourth-order valence-electron chi connectivity index (χ4n) is 2.38. The molecule has 0 aliphatic carbocycles. The van der Waals surface area contributed by atoms with Crippen molar-refractivity contribution in [2.75, 3.05) is 6.61 Å². The van der Waals surface area contributed by atoms with E-state index in [1.54, 1.807) is 18.2 Å². The van der Waals surface area contributed by atoms with Crippen LogP contribution in [0, 0.1) is 0 Å². The van der Waals surface area contributed by atoms with E-state index in [1.807, 2.05) is 32.0 Å². The van der Waals surface area contributed by atoms with E-state index in [-0.39, 0.29) is 11.9 Å². The van der Waals surface area contributed by atoms with Gasteiger partial charge in [0.05, 0.1) is 17.3 Å². The van der Waals surface area contributed by atoms with Gasteiger partial charge in [0.2, 0.25) is 0 Å². The van der Waals surface area contributed by atoms with Gasteiger partial charge in [0, 0.05) is 17.3 Å². The minimum Gasteiger partial charge on any atom is -0.347 e. The Hall–Kier alpha value is -1.75. The molecule has 1 aliphatic rings. The van der Waals surface area contributed by atoms with Crippen molar-refractivity contribution < 1.29 is 14.3 Å². The molecule has 0 spiro atoms. The molecule has 1 aliphatic heterocycles. The van der Waals surface area contributed by atoms with E-state index in [0.29, 0.717) is 28.5 Å². The van der Waals surface area contributed by atoms with Crippen molar-refractivity contribution in [3.05, 3.63) is 64.4 Å². The first-order valence-electron chi connectivity index (χ1n) is 7.03. The normalized spacial score (nSPS) is 20.0. The molecule has 2 aromatic rings. The Labute approximate surface area is 134 Å².